The van der Waals surface area contributed by atoms with Gasteiger partial charge in [0.15, 0.2) is 11.7 Å². The Labute approximate surface area is 167 Å². The predicted octanol–water partition coefficient (Wildman–Crippen LogP) is 4.04. The van der Waals surface area contributed by atoms with Gasteiger partial charge < -0.3 is 9.47 Å². The molecule has 0 saturated carbocycles. The molecule has 0 atom stereocenters. The summed E-state index contributed by atoms with van der Waals surface area (Å²) in [5.74, 6) is -0.0452. The zero-order chi connectivity index (χ0) is 20.1. The predicted molar refractivity (Wildman–Crippen MR) is 110 cm³/mol. The summed E-state index contributed by atoms with van der Waals surface area (Å²) in [6.07, 6.45) is 0.750. The molecule has 1 heterocycles. The van der Waals surface area contributed by atoms with E-state index in [0.29, 0.717) is 11.6 Å². The fourth-order valence-corrected chi connectivity index (χ4v) is 3.89. The SMILES string of the molecule is COc1ccc(CCC(=O)OCC(=O)Nc2nc3c(C)cc(C)cc3s2)cc1. The maximum atomic E-state index is 12.1. The van der Waals surface area contributed by atoms with Crippen molar-refractivity contribution >= 4 is 38.6 Å². The van der Waals surface area contributed by atoms with Crippen molar-refractivity contribution in [2.75, 3.05) is 19.0 Å². The van der Waals surface area contributed by atoms with E-state index in [-0.39, 0.29) is 13.0 Å². The number of hydrogen-bond acceptors (Lipinski definition) is 6. The quantitative estimate of drug-likeness (QED) is 0.608. The van der Waals surface area contributed by atoms with Crippen LogP contribution in [0.25, 0.3) is 10.2 Å². The molecule has 1 aromatic heterocycles. The number of ether oxygens (including phenoxy) is 2. The zero-order valence-corrected chi connectivity index (χ0v) is 16.9. The second kappa shape index (κ2) is 8.84. The number of aromatic nitrogens is 1. The molecule has 3 rings (SSSR count). The largest absolute Gasteiger partial charge is 0.497 e. The van der Waals surface area contributed by atoms with Crippen LogP contribution in [-0.2, 0) is 20.7 Å². The molecule has 0 spiro atoms. The van der Waals surface area contributed by atoms with Crippen molar-refractivity contribution in [3.05, 3.63) is 53.1 Å². The molecule has 0 aliphatic heterocycles. The highest BCUT2D eigenvalue weighted by Gasteiger charge is 2.12. The van der Waals surface area contributed by atoms with Crippen LogP contribution >= 0.6 is 11.3 Å². The third-order valence-corrected chi connectivity index (χ3v) is 5.14. The van der Waals surface area contributed by atoms with Crippen LogP contribution in [0.1, 0.15) is 23.1 Å². The van der Waals surface area contributed by atoms with Gasteiger partial charge in [-0.1, -0.05) is 29.5 Å². The second-order valence-electron chi connectivity index (χ2n) is 6.50. The van der Waals surface area contributed by atoms with Crippen molar-refractivity contribution in [2.24, 2.45) is 0 Å². The van der Waals surface area contributed by atoms with Gasteiger partial charge >= 0.3 is 5.97 Å². The van der Waals surface area contributed by atoms with Gasteiger partial charge in [-0.25, -0.2) is 4.98 Å². The van der Waals surface area contributed by atoms with Crippen molar-refractivity contribution in [1.29, 1.82) is 0 Å². The van der Waals surface area contributed by atoms with Gasteiger partial charge in [0.2, 0.25) is 0 Å². The lowest BCUT2D eigenvalue weighted by Crippen LogP contribution is -2.20. The first-order valence-electron chi connectivity index (χ1n) is 8.91. The number of carbonyl (C=O) groups excluding carboxylic acids is 2. The molecule has 7 heteroatoms. The van der Waals surface area contributed by atoms with E-state index in [4.69, 9.17) is 9.47 Å². The lowest BCUT2D eigenvalue weighted by molar-refractivity contribution is -0.147. The summed E-state index contributed by atoms with van der Waals surface area (Å²) < 4.78 is 11.2. The molecule has 0 aliphatic carbocycles. The van der Waals surface area contributed by atoms with Crippen molar-refractivity contribution < 1.29 is 19.1 Å². The summed E-state index contributed by atoms with van der Waals surface area (Å²) in [4.78, 5) is 28.4. The number of methoxy groups -OCH3 is 1. The summed E-state index contributed by atoms with van der Waals surface area (Å²) in [6.45, 7) is 3.69. The van der Waals surface area contributed by atoms with Gasteiger partial charge in [-0.05, 0) is 55.2 Å². The number of amides is 1. The van der Waals surface area contributed by atoms with Crippen LogP contribution in [0.5, 0.6) is 5.75 Å². The summed E-state index contributed by atoms with van der Waals surface area (Å²) >= 11 is 1.40. The monoisotopic (exact) mass is 398 g/mol. The van der Waals surface area contributed by atoms with E-state index in [9.17, 15) is 9.59 Å². The number of carbonyl (C=O) groups is 2. The Morgan fingerprint density at radius 1 is 1.14 bits per heavy atom. The highest BCUT2D eigenvalue weighted by atomic mass is 32.1. The normalized spacial score (nSPS) is 10.7. The number of nitrogens with one attached hydrogen (secondary N) is 1. The van der Waals surface area contributed by atoms with Crippen molar-refractivity contribution in [1.82, 2.24) is 4.98 Å². The fourth-order valence-electron chi connectivity index (χ4n) is 2.84. The Morgan fingerprint density at radius 3 is 2.61 bits per heavy atom. The van der Waals surface area contributed by atoms with Crippen LogP contribution in [0.2, 0.25) is 0 Å². The molecule has 0 unspecified atom stereocenters. The van der Waals surface area contributed by atoms with Gasteiger partial charge in [-0.15, -0.1) is 0 Å². The molecule has 0 radical (unpaired) electrons. The second-order valence-corrected chi connectivity index (χ2v) is 7.54. The molecule has 0 saturated heterocycles. The molecule has 0 aliphatic rings. The van der Waals surface area contributed by atoms with Gasteiger partial charge in [0.1, 0.15) is 5.75 Å². The minimum absolute atomic E-state index is 0.208. The van der Waals surface area contributed by atoms with Gasteiger partial charge in [-0.3, -0.25) is 14.9 Å². The van der Waals surface area contributed by atoms with Crippen molar-refractivity contribution in [3.63, 3.8) is 0 Å². The van der Waals surface area contributed by atoms with E-state index in [1.165, 1.54) is 11.3 Å². The van der Waals surface area contributed by atoms with Crippen LogP contribution in [0.4, 0.5) is 5.13 Å². The first-order valence-corrected chi connectivity index (χ1v) is 9.72. The molecule has 146 valence electrons. The third kappa shape index (κ3) is 5.07. The number of hydrogen-bond donors (Lipinski definition) is 1. The first-order chi connectivity index (χ1) is 13.4. The number of esters is 1. The Morgan fingerprint density at radius 2 is 1.89 bits per heavy atom. The van der Waals surface area contributed by atoms with E-state index >= 15 is 0 Å². The van der Waals surface area contributed by atoms with Crippen molar-refractivity contribution in [3.8, 4) is 5.75 Å². The molecular formula is C21H22N2O4S. The molecule has 3 aromatic rings. The maximum absolute atomic E-state index is 12.1. The smallest absolute Gasteiger partial charge is 0.306 e. The molecule has 6 nitrogen and oxygen atoms in total. The average molecular weight is 398 g/mol. The summed E-state index contributed by atoms with van der Waals surface area (Å²) in [5, 5.41) is 3.20. The number of nitrogens with zero attached hydrogens (tertiary/aromatic N) is 1. The highest BCUT2D eigenvalue weighted by Crippen LogP contribution is 2.29. The molecule has 0 fully saturated rings. The lowest BCUT2D eigenvalue weighted by Gasteiger charge is -2.05. The van der Waals surface area contributed by atoms with Crippen LogP contribution in [0, 0.1) is 13.8 Å². The molecule has 0 bridgehead atoms. The van der Waals surface area contributed by atoms with E-state index < -0.39 is 11.9 Å². The Kier molecular flexibility index (Phi) is 6.26. The molecular weight excluding hydrogens is 376 g/mol. The minimum Gasteiger partial charge on any atom is -0.497 e. The number of rotatable bonds is 7. The van der Waals surface area contributed by atoms with Crippen molar-refractivity contribution in [2.45, 2.75) is 26.7 Å². The average Bonchev–Trinajstić information content (AvgIpc) is 3.07. The molecule has 2 aromatic carbocycles. The highest BCUT2D eigenvalue weighted by molar-refractivity contribution is 7.22. The topological polar surface area (TPSA) is 77.5 Å². The number of thiazole rings is 1. The zero-order valence-electron chi connectivity index (χ0n) is 16.1. The summed E-state index contributed by atoms with van der Waals surface area (Å²) in [5.41, 5.74) is 4.10. The van der Waals surface area contributed by atoms with Crippen LogP contribution in [0.15, 0.2) is 36.4 Å². The van der Waals surface area contributed by atoms with Crippen LogP contribution in [0.3, 0.4) is 0 Å². The van der Waals surface area contributed by atoms with Crippen LogP contribution < -0.4 is 10.1 Å². The Hall–Kier alpha value is -2.93. The first kappa shape index (κ1) is 19.8. The molecule has 28 heavy (non-hydrogen) atoms. The van der Waals surface area contributed by atoms with E-state index in [1.807, 2.05) is 44.2 Å². The summed E-state index contributed by atoms with van der Waals surface area (Å²) in [7, 11) is 1.61. The van der Waals surface area contributed by atoms with E-state index in [2.05, 4.69) is 16.4 Å². The number of fused-ring (bicyclic) bond motifs is 1. The van der Waals surface area contributed by atoms with E-state index in [0.717, 1.165) is 32.7 Å². The lowest BCUT2D eigenvalue weighted by atomic mass is 10.1. The Bertz CT molecular complexity index is 996. The third-order valence-electron chi connectivity index (χ3n) is 4.22. The Balaban J connectivity index is 1.47. The summed E-state index contributed by atoms with van der Waals surface area (Å²) in [6, 6.07) is 11.6. The van der Waals surface area contributed by atoms with Gasteiger partial charge in [-0.2, -0.15) is 0 Å². The van der Waals surface area contributed by atoms with E-state index in [1.54, 1.807) is 7.11 Å². The fraction of sp³-hybridized carbons (Fsp3) is 0.286. The number of anilines is 1. The minimum atomic E-state index is -0.415. The molecule has 1 N–H and O–H groups in total. The van der Waals surface area contributed by atoms with Gasteiger partial charge in [0.25, 0.3) is 5.91 Å². The van der Waals surface area contributed by atoms with Gasteiger partial charge in [0.05, 0.1) is 17.3 Å². The number of benzene rings is 2. The standard InChI is InChI=1S/C21H22N2O4S/c1-13-10-14(2)20-17(11-13)28-21(23-20)22-18(24)12-27-19(25)9-6-15-4-7-16(26-3)8-5-15/h4-5,7-8,10-11H,6,9,12H2,1-3H3,(H,22,23,24). The number of aryl methyl sites for hydroxylation is 3. The van der Waals surface area contributed by atoms with Gasteiger partial charge in [0, 0.05) is 6.42 Å². The maximum Gasteiger partial charge on any atom is 0.306 e. The van der Waals surface area contributed by atoms with Crippen LogP contribution in [-0.4, -0.2) is 30.6 Å². The molecule has 1 amide bonds.